The zero-order valence-electron chi connectivity index (χ0n) is 20.8. The van der Waals surface area contributed by atoms with E-state index < -0.39 is 12.5 Å². The lowest BCUT2D eigenvalue weighted by Gasteiger charge is -2.27. The van der Waals surface area contributed by atoms with Crippen LogP contribution in [0.4, 0.5) is 14.7 Å². The number of hydrogen-bond donors (Lipinski definition) is 3. The maximum absolute atomic E-state index is 12.8. The molecule has 3 heterocycles. The quantitative estimate of drug-likeness (QED) is 0.426. The summed E-state index contributed by atoms with van der Waals surface area (Å²) in [6, 6.07) is 8.52. The molecule has 1 atom stereocenters. The van der Waals surface area contributed by atoms with Crippen molar-refractivity contribution in [3.63, 3.8) is 0 Å². The van der Waals surface area contributed by atoms with Crippen LogP contribution in [0.15, 0.2) is 36.7 Å². The Labute approximate surface area is 210 Å². The minimum atomic E-state index is -2.38. The van der Waals surface area contributed by atoms with Crippen molar-refractivity contribution in [3.8, 4) is 11.1 Å². The van der Waals surface area contributed by atoms with E-state index >= 15 is 0 Å². The molecule has 2 aromatic heterocycles. The van der Waals surface area contributed by atoms with Gasteiger partial charge in [0.15, 0.2) is 0 Å². The fraction of sp³-hybridized carbons (Fsp3) is 0.556. The van der Waals surface area contributed by atoms with Gasteiger partial charge in [-0.1, -0.05) is 24.3 Å². The van der Waals surface area contributed by atoms with Gasteiger partial charge in [-0.3, -0.25) is 4.90 Å². The number of rotatable bonds is 8. The zero-order valence-corrected chi connectivity index (χ0v) is 20.8. The van der Waals surface area contributed by atoms with Crippen LogP contribution in [0.2, 0.25) is 0 Å². The molecule has 9 heteroatoms. The molecule has 0 spiro atoms. The number of nitrogens with one attached hydrogen (secondary N) is 2. The number of anilines is 1. The summed E-state index contributed by atoms with van der Waals surface area (Å²) in [5.74, 6) is 0.365. The number of hydrogen-bond acceptors (Lipinski definition) is 6. The molecule has 2 aliphatic rings. The van der Waals surface area contributed by atoms with Gasteiger partial charge in [-0.25, -0.2) is 13.8 Å². The maximum atomic E-state index is 12.8. The van der Waals surface area contributed by atoms with E-state index in [9.17, 15) is 13.9 Å². The number of piperazine rings is 1. The molecule has 5 rings (SSSR count). The normalized spacial score (nSPS) is 22.2. The molecule has 1 aliphatic carbocycles. The van der Waals surface area contributed by atoms with Crippen LogP contribution in [-0.2, 0) is 6.54 Å². The third-order valence-corrected chi connectivity index (χ3v) is 7.42. The highest BCUT2D eigenvalue weighted by Gasteiger charge is 2.24. The second-order valence-corrected chi connectivity index (χ2v) is 10.2. The third-order valence-electron chi connectivity index (χ3n) is 7.42. The van der Waals surface area contributed by atoms with Gasteiger partial charge in [-0.15, -0.1) is 0 Å². The fourth-order valence-corrected chi connectivity index (χ4v) is 5.41. The van der Waals surface area contributed by atoms with Gasteiger partial charge >= 0.3 is 0 Å². The summed E-state index contributed by atoms with van der Waals surface area (Å²) in [5, 5.41) is 17.4. The van der Waals surface area contributed by atoms with Gasteiger partial charge < -0.3 is 20.3 Å². The SMILES string of the molecule is C[C@@H](CC(F)F)Nc1ncc2c(-c3ccc(CN4CCNCC4)cc3)cn([C@H]3CC[C@H](O)CC3)c2n1. The molecule has 194 valence electrons. The van der Waals surface area contributed by atoms with Gasteiger partial charge in [0, 0.05) is 74.6 Å². The summed E-state index contributed by atoms with van der Waals surface area (Å²) >= 11 is 0. The van der Waals surface area contributed by atoms with Crippen molar-refractivity contribution in [2.45, 2.75) is 70.2 Å². The van der Waals surface area contributed by atoms with Crippen LogP contribution in [0.3, 0.4) is 0 Å². The highest BCUT2D eigenvalue weighted by atomic mass is 19.3. The van der Waals surface area contributed by atoms with Crippen LogP contribution in [-0.4, -0.2) is 69.3 Å². The van der Waals surface area contributed by atoms with Gasteiger partial charge in [0.1, 0.15) is 5.65 Å². The molecule has 0 bridgehead atoms. The monoisotopic (exact) mass is 498 g/mol. The fourth-order valence-electron chi connectivity index (χ4n) is 5.41. The molecular formula is C27H36F2N6O. The molecule has 1 saturated heterocycles. The number of aromatic nitrogens is 3. The number of aliphatic hydroxyl groups is 1. The lowest BCUT2D eigenvalue weighted by atomic mass is 9.93. The Morgan fingerprint density at radius 2 is 1.83 bits per heavy atom. The molecular weight excluding hydrogens is 462 g/mol. The van der Waals surface area contributed by atoms with Crippen molar-refractivity contribution >= 4 is 17.0 Å². The molecule has 0 amide bonds. The highest BCUT2D eigenvalue weighted by molar-refractivity contribution is 5.94. The van der Waals surface area contributed by atoms with E-state index in [-0.39, 0.29) is 18.6 Å². The average Bonchev–Trinajstić information content (AvgIpc) is 3.24. The molecule has 7 nitrogen and oxygen atoms in total. The Hall–Kier alpha value is -2.62. The molecule has 2 fully saturated rings. The van der Waals surface area contributed by atoms with Crippen LogP contribution in [0.1, 0.15) is 50.6 Å². The standard InChI is InChI=1S/C27H36F2N6O/c1-18(14-25(28)29)32-27-31-15-23-24(17-35(26(23)33-27)21-6-8-22(36)9-7-21)20-4-2-19(3-5-20)16-34-12-10-30-11-13-34/h2-5,15,17-18,21-22,25,30,36H,6-14,16H2,1H3,(H,31,32,33)/t18-,21-,22-/m0/s1. The van der Waals surface area contributed by atoms with E-state index in [4.69, 9.17) is 4.98 Å². The molecule has 36 heavy (non-hydrogen) atoms. The van der Waals surface area contributed by atoms with Crippen LogP contribution < -0.4 is 10.6 Å². The predicted octanol–water partition coefficient (Wildman–Crippen LogP) is 4.44. The van der Waals surface area contributed by atoms with Crippen molar-refractivity contribution in [1.82, 2.24) is 24.8 Å². The minimum Gasteiger partial charge on any atom is -0.393 e. The van der Waals surface area contributed by atoms with Gasteiger partial charge in [0.25, 0.3) is 0 Å². The number of aliphatic hydroxyl groups excluding tert-OH is 1. The molecule has 3 N–H and O–H groups in total. The van der Waals surface area contributed by atoms with Crippen molar-refractivity contribution in [1.29, 1.82) is 0 Å². The van der Waals surface area contributed by atoms with Crippen LogP contribution in [0.25, 0.3) is 22.2 Å². The Balaban J connectivity index is 1.44. The molecule has 1 aliphatic heterocycles. The van der Waals surface area contributed by atoms with Crippen LogP contribution in [0.5, 0.6) is 0 Å². The predicted molar refractivity (Wildman–Crippen MR) is 138 cm³/mol. The summed E-state index contributed by atoms with van der Waals surface area (Å²) in [6.45, 7) is 6.86. The molecule has 1 aromatic carbocycles. The average molecular weight is 499 g/mol. The van der Waals surface area contributed by atoms with Crippen molar-refractivity contribution < 1.29 is 13.9 Å². The topological polar surface area (TPSA) is 78.2 Å². The molecule has 1 saturated carbocycles. The van der Waals surface area contributed by atoms with Crippen molar-refractivity contribution in [2.24, 2.45) is 0 Å². The first-order valence-electron chi connectivity index (χ1n) is 13.1. The number of fused-ring (bicyclic) bond motifs is 1. The number of benzene rings is 1. The summed E-state index contributed by atoms with van der Waals surface area (Å²) in [7, 11) is 0. The van der Waals surface area contributed by atoms with Gasteiger partial charge in [0.2, 0.25) is 12.4 Å². The van der Waals surface area contributed by atoms with E-state index in [1.54, 1.807) is 13.1 Å². The number of nitrogens with zero attached hydrogens (tertiary/aromatic N) is 4. The van der Waals surface area contributed by atoms with E-state index in [0.717, 1.165) is 80.6 Å². The number of alkyl halides is 2. The highest BCUT2D eigenvalue weighted by Crippen LogP contribution is 2.37. The van der Waals surface area contributed by atoms with E-state index in [1.165, 1.54) is 5.56 Å². The second kappa shape index (κ2) is 11.2. The zero-order chi connectivity index (χ0) is 25.1. The first kappa shape index (κ1) is 25.0. The maximum Gasteiger partial charge on any atom is 0.240 e. The Morgan fingerprint density at radius 1 is 1.11 bits per heavy atom. The summed E-state index contributed by atoms with van der Waals surface area (Å²) in [5.41, 5.74) is 4.27. The van der Waals surface area contributed by atoms with Crippen LogP contribution >= 0.6 is 0 Å². The minimum absolute atomic E-state index is 0.234. The second-order valence-electron chi connectivity index (χ2n) is 10.2. The largest absolute Gasteiger partial charge is 0.393 e. The third kappa shape index (κ3) is 5.85. The Morgan fingerprint density at radius 3 is 2.53 bits per heavy atom. The van der Waals surface area contributed by atoms with E-state index in [1.807, 2.05) is 0 Å². The van der Waals surface area contributed by atoms with Crippen molar-refractivity contribution in [2.75, 3.05) is 31.5 Å². The number of halogens is 2. The molecule has 0 radical (unpaired) electrons. The lowest BCUT2D eigenvalue weighted by molar-refractivity contribution is 0.111. The lowest BCUT2D eigenvalue weighted by Crippen LogP contribution is -2.42. The molecule has 0 unspecified atom stereocenters. The Kier molecular flexibility index (Phi) is 7.79. The Bertz CT molecular complexity index is 1140. The van der Waals surface area contributed by atoms with Gasteiger partial charge in [0.05, 0.1) is 6.10 Å². The van der Waals surface area contributed by atoms with E-state index in [0.29, 0.717) is 5.95 Å². The first-order valence-corrected chi connectivity index (χ1v) is 13.1. The van der Waals surface area contributed by atoms with Crippen LogP contribution in [0, 0.1) is 0 Å². The smallest absolute Gasteiger partial charge is 0.240 e. The summed E-state index contributed by atoms with van der Waals surface area (Å²) in [4.78, 5) is 11.7. The summed E-state index contributed by atoms with van der Waals surface area (Å²) < 4.78 is 27.8. The van der Waals surface area contributed by atoms with Crippen molar-refractivity contribution in [3.05, 3.63) is 42.2 Å². The first-order chi connectivity index (χ1) is 17.5. The van der Waals surface area contributed by atoms with E-state index in [2.05, 4.69) is 55.5 Å². The molecule has 3 aromatic rings. The van der Waals surface area contributed by atoms with Gasteiger partial charge in [-0.2, -0.15) is 4.98 Å². The summed E-state index contributed by atoms with van der Waals surface area (Å²) in [6.07, 6.45) is 4.36. The van der Waals surface area contributed by atoms with Gasteiger partial charge in [-0.05, 0) is 43.7 Å².